The third-order valence-corrected chi connectivity index (χ3v) is 4.28. The van der Waals surface area contributed by atoms with Crippen molar-refractivity contribution in [2.75, 3.05) is 64.4 Å². The van der Waals surface area contributed by atoms with Crippen molar-refractivity contribution >= 4 is 11.6 Å². The van der Waals surface area contributed by atoms with E-state index in [0.717, 1.165) is 63.7 Å². The molecule has 2 aliphatic heterocycles. The van der Waals surface area contributed by atoms with Gasteiger partial charge in [0.25, 0.3) is 5.91 Å². The maximum absolute atomic E-state index is 12.8. The normalized spacial score (nSPS) is 20.6. The first-order chi connectivity index (χ1) is 10.3. The fourth-order valence-electron chi connectivity index (χ4n) is 2.91. The number of hydrogen-bond acceptors (Lipinski definition) is 4. The summed E-state index contributed by atoms with van der Waals surface area (Å²) < 4.78 is 5.41. The molecule has 0 radical (unpaired) electrons. The minimum absolute atomic E-state index is 0.158. The van der Waals surface area contributed by atoms with Crippen LogP contribution in [0.1, 0.15) is 10.4 Å². The summed E-state index contributed by atoms with van der Waals surface area (Å²) in [6.07, 6.45) is 0. The molecule has 1 aromatic rings. The lowest BCUT2D eigenvalue weighted by atomic mass is 10.1. The monoisotopic (exact) mass is 289 g/mol. The van der Waals surface area contributed by atoms with Crippen molar-refractivity contribution in [3.63, 3.8) is 0 Å². The topological polar surface area (TPSA) is 36.0 Å². The van der Waals surface area contributed by atoms with Crippen molar-refractivity contribution < 1.29 is 9.53 Å². The second kappa shape index (κ2) is 6.45. The van der Waals surface area contributed by atoms with E-state index in [2.05, 4.69) is 22.9 Å². The van der Waals surface area contributed by atoms with E-state index in [1.807, 2.05) is 23.1 Å². The van der Waals surface area contributed by atoms with Crippen LogP contribution >= 0.6 is 0 Å². The van der Waals surface area contributed by atoms with Gasteiger partial charge in [0, 0.05) is 45.0 Å². The molecule has 2 fully saturated rings. The first kappa shape index (κ1) is 14.4. The van der Waals surface area contributed by atoms with Gasteiger partial charge in [0.2, 0.25) is 0 Å². The second-order valence-electron chi connectivity index (χ2n) is 5.71. The lowest BCUT2D eigenvalue weighted by Gasteiger charge is -2.34. The Hall–Kier alpha value is -1.59. The van der Waals surface area contributed by atoms with Gasteiger partial charge in [0.1, 0.15) is 0 Å². The molecule has 21 heavy (non-hydrogen) atoms. The summed E-state index contributed by atoms with van der Waals surface area (Å²) >= 11 is 0. The van der Waals surface area contributed by atoms with Crippen LogP contribution in [0.25, 0.3) is 0 Å². The van der Waals surface area contributed by atoms with E-state index in [0.29, 0.717) is 0 Å². The van der Waals surface area contributed by atoms with Gasteiger partial charge >= 0.3 is 0 Å². The maximum Gasteiger partial charge on any atom is 0.256 e. The highest BCUT2D eigenvalue weighted by Gasteiger charge is 2.24. The third-order valence-electron chi connectivity index (χ3n) is 4.28. The number of hydrogen-bond donors (Lipinski definition) is 0. The molecule has 2 heterocycles. The molecule has 0 atom stereocenters. The molecule has 5 nitrogen and oxygen atoms in total. The van der Waals surface area contributed by atoms with Gasteiger partial charge in [-0.15, -0.1) is 0 Å². The molecule has 1 aromatic carbocycles. The molecule has 2 aliphatic rings. The first-order valence-electron chi connectivity index (χ1n) is 7.65. The Morgan fingerprint density at radius 1 is 1.00 bits per heavy atom. The number of rotatable bonds is 2. The van der Waals surface area contributed by atoms with Crippen LogP contribution in [-0.4, -0.2) is 75.2 Å². The lowest BCUT2D eigenvalue weighted by molar-refractivity contribution is 0.0663. The van der Waals surface area contributed by atoms with Gasteiger partial charge in [-0.3, -0.25) is 4.79 Å². The van der Waals surface area contributed by atoms with E-state index in [9.17, 15) is 4.79 Å². The summed E-state index contributed by atoms with van der Waals surface area (Å²) in [6.45, 7) is 6.70. The average Bonchev–Trinajstić information content (AvgIpc) is 2.56. The molecule has 0 bridgehead atoms. The standard InChI is InChI=1S/C16H23N3O2/c1-17-6-8-19(9-7-17)16(20)14-4-2-3-5-15(14)18-10-12-21-13-11-18/h2-5H,6-13H2,1H3. The Morgan fingerprint density at radius 2 is 1.67 bits per heavy atom. The summed E-state index contributed by atoms with van der Waals surface area (Å²) in [5.41, 5.74) is 1.87. The molecule has 0 aliphatic carbocycles. The number of amides is 1. The summed E-state index contributed by atoms with van der Waals surface area (Å²) in [5, 5.41) is 0. The molecule has 0 unspecified atom stereocenters. The Bertz CT molecular complexity index is 492. The largest absolute Gasteiger partial charge is 0.378 e. The molecule has 3 rings (SSSR count). The summed E-state index contributed by atoms with van der Waals surface area (Å²) in [5.74, 6) is 0.158. The Balaban J connectivity index is 1.79. The number of ether oxygens (including phenoxy) is 1. The zero-order chi connectivity index (χ0) is 14.7. The van der Waals surface area contributed by atoms with Crippen molar-refractivity contribution in [1.29, 1.82) is 0 Å². The summed E-state index contributed by atoms with van der Waals surface area (Å²) in [4.78, 5) is 19.3. The highest BCUT2D eigenvalue weighted by molar-refractivity contribution is 5.99. The maximum atomic E-state index is 12.8. The fourth-order valence-corrected chi connectivity index (χ4v) is 2.91. The van der Waals surface area contributed by atoms with Gasteiger partial charge in [-0.2, -0.15) is 0 Å². The van der Waals surface area contributed by atoms with Gasteiger partial charge in [0.15, 0.2) is 0 Å². The summed E-state index contributed by atoms with van der Waals surface area (Å²) in [6, 6.07) is 7.96. The number of nitrogens with zero attached hydrogens (tertiary/aromatic N) is 3. The number of anilines is 1. The fraction of sp³-hybridized carbons (Fsp3) is 0.562. The molecule has 0 spiro atoms. The van der Waals surface area contributed by atoms with E-state index in [-0.39, 0.29) is 5.91 Å². The molecule has 114 valence electrons. The number of morpholine rings is 1. The highest BCUT2D eigenvalue weighted by atomic mass is 16.5. The molecular weight excluding hydrogens is 266 g/mol. The smallest absolute Gasteiger partial charge is 0.256 e. The number of piperazine rings is 1. The molecule has 0 saturated carbocycles. The van der Waals surface area contributed by atoms with Gasteiger partial charge in [-0.1, -0.05) is 12.1 Å². The van der Waals surface area contributed by atoms with Crippen molar-refractivity contribution in [2.24, 2.45) is 0 Å². The highest BCUT2D eigenvalue weighted by Crippen LogP contribution is 2.23. The van der Waals surface area contributed by atoms with Crippen molar-refractivity contribution in [3.05, 3.63) is 29.8 Å². The number of carbonyl (C=O) groups is 1. The Labute approximate surface area is 126 Å². The van der Waals surface area contributed by atoms with E-state index < -0.39 is 0 Å². The number of para-hydroxylation sites is 1. The van der Waals surface area contributed by atoms with Crippen LogP contribution in [0.15, 0.2) is 24.3 Å². The van der Waals surface area contributed by atoms with Gasteiger partial charge in [-0.25, -0.2) is 0 Å². The number of carbonyl (C=O) groups excluding carboxylic acids is 1. The predicted molar refractivity (Wildman–Crippen MR) is 82.9 cm³/mol. The predicted octanol–water partition coefficient (Wildman–Crippen LogP) is 0.911. The van der Waals surface area contributed by atoms with Crippen LogP contribution in [0, 0.1) is 0 Å². The van der Waals surface area contributed by atoms with Crippen LogP contribution in [0.2, 0.25) is 0 Å². The van der Waals surface area contributed by atoms with Gasteiger partial charge < -0.3 is 19.4 Å². The van der Waals surface area contributed by atoms with E-state index in [1.54, 1.807) is 0 Å². The third kappa shape index (κ3) is 3.19. The molecular formula is C16H23N3O2. The zero-order valence-electron chi connectivity index (χ0n) is 12.6. The van der Waals surface area contributed by atoms with Crippen molar-refractivity contribution in [3.8, 4) is 0 Å². The van der Waals surface area contributed by atoms with E-state index >= 15 is 0 Å². The molecule has 2 saturated heterocycles. The van der Waals surface area contributed by atoms with Gasteiger partial charge in [-0.05, 0) is 19.2 Å². The quantitative estimate of drug-likeness (QED) is 0.811. The molecule has 0 N–H and O–H groups in total. The average molecular weight is 289 g/mol. The summed E-state index contributed by atoms with van der Waals surface area (Å²) in [7, 11) is 2.10. The van der Waals surface area contributed by atoms with Gasteiger partial charge in [0.05, 0.1) is 18.8 Å². The van der Waals surface area contributed by atoms with Crippen molar-refractivity contribution in [2.45, 2.75) is 0 Å². The molecule has 1 amide bonds. The minimum Gasteiger partial charge on any atom is -0.378 e. The van der Waals surface area contributed by atoms with Crippen LogP contribution in [-0.2, 0) is 4.74 Å². The van der Waals surface area contributed by atoms with Crippen LogP contribution in [0.5, 0.6) is 0 Å². The molecule has 0 aromatic heterocycles. The molecule has 5 heteroatoms. The van der Waals surface area contributed by atoms with E-state index in [4.69, 9.17) is 4.74 Å². The van der Waals surface area contributed by atoms with Crippen LogP contribution in [0.3, 0.4) is 0 Å². The second-order valence-corrected chi connectivity index (χ2v) is 5.71. The Morgan fingerprint density at radius 3 is 2.38 bits per heavy atom. The van der Waals surface area contributed by atoms with E-state index in [1.165, 1.54) is 0 Å². The first-order valence-corrected chi connectivity index (χ1v) is 7.65. The number of benzene rings is 1. The zero-order valence-corrected chi connectivity index (χ0v) is 12.6. The van der Waals surface area contributed by atoms with Crippen LogP contribution < -0.4 is 4.90 Å². The SMILES string of the molecule is CN1CCN(C(=O)c2ccccc2N2CCOCC2)CC1. The van der Waals surface area contributed by atoms with Crippen LogP contribution in [0.4, 0.5) is 5.69 Å². The minimum atomic E-state index is 0.158. The van der Waals surface area contributed by atoms with Crippen molar-refractivity contribution in [1.82, 2.24) is 9.80 Å². The number of likely N-dealkylation sites (N-methyl/N-ethyl adjacent to an activating group) is 1. The Kier molecular flexibility index (Phi) is 4.41. The lowest BCUT2D eigenvalue weighted by Crippen LogP contribution is -2.47.